The number of carbonyl (C=O) groups excluding carboxylic acids is 1. The number of rotatable bonds is 5. The summed E-state index contributed by atoms with van der Waals surface area (Å²) in [4.78, 5) is 12.6. The molecule has 1 aromatic carbocycles. The lowest BCUT2D eigenvalue weighted by molar-refractivity contribution is -0.116. The molecule has 0 saturated heterocycles. The van der Waals surface area contributed by atoms with Crippen molar-refractivity contribution in [3.8, 4) is 0 Å². The minimum atomic E-state index is -0.0322. The van der Waals surface area contributed by atoms with E-state index in [1.807, 2.05) is 25.3 Å². The average Bonchev–Trinajstić information content (AvgIpc) is 2.26. The molecule has 18 heavy (non-hydrogen) atoms. The molecule has 0 bridgehead atoms. The van der Waals surface area contributed by atoms with Crippen LogP contribution >= 0.6 is 35.8 Å². The maximum Gasteiger partial charge on any atom is 0.224 e. The highest BCUT2D eigenvalue weighted by Crippen LogP contribution is 2.27. The molecule has 0 spiro atoms. The number of carbonyl (C=O) groups is 1. The van der Waals surface area contributed by atoms with Gasteiger partial charge in [-0.2, -0.15) is 0 Å². The summed E-state index contributed by atoms with van der Waals surface area (Å²) in [5.41, 5.74) is 6.32. The topological polar surface area (TPSA) is 55.1 Å². The van der Waals surface area contributed by atoms with Crippen LogP contribution in [0.3, 0.4) is 0 Å². The smallest absolute Gasteiger partial charge is 0.224 e. The van der Waals surface area contributed by atoms with E-state index in [2.05, 4.69) is 5.32 Å². The molecule has 3 N–H and O–H groups in total. The number of nitrogens with two attached hydrogens (primary N) is 1. The van der Waals surface area contributed by atoms with E-state index in [9.17, 15) is 4.79 Å². The number of benzene rings is 1. The highest BCUT2D eigenvalue weighted by molar-refractivity contribution is 7.98. The van der Waals surface area contributed by atoms with Crippen LogP contribution in [-0.4, -0.2) is 18.2 Å². The van der Waals surface area contributed by atoms with Gasteiger partial charge in [0, 0.05) is 23.0 Å². The molecule has 0 heterocycles. The third kappa shape index (κ3) is 5.96. The monoisotopic (exact) mass is 308 g/mol. The van der Waals surface area contributed by atoms with Crippen LogP contribution in [0.4, 0.5) is 5.69 Å². The number of hydrogen-bond donors (Lipinski definition) is 2. The molecule has 1 amide bonds. The van der Waals surface area contributed by atoms with Crippen LogP contribution < -0.4 is 11.1 Å². The van der Waals surface area contributed by atoms with Gasteiger partial charge in [-0.3, -0.25) is 4.79 Å². The van der Waals surface area contributed by atoms with Gasteiger partial charge in [-0.1, -0.05) is 11.6 Å². The van der Waals surface area contributed by atoms with Crippen molar-refractivity contribution >= 4 is 47.4 Å². The van der Waals surface area contributed by atoms with Crippen molar-refractivity contribution in [3.63, 3.8) is 0 Å². The van der Waals surface area contributed by atoms with E-state index in [0.29, 0.717) is 17.9 Å². The van der Waals surface area contributed by atoms with Gasteiger partial charge in [-0.15, -0.1) is 24.2 Å². The fraction of sp³-hybridized carbons (Fsp3) is 0.417. The zero-order chi connectivity index (χ0) is 12.8. The lowest BCUT2D eigenvalue weighted by atomic mass is 10.2. The zero-order valence-electron chi connectivity index (χ0n) is 10.4. The second kappa shape index (κ2) is 8.64. The maximum absolute atomic E-state index is 11.6. The maximum atomic E-state index is 11.6. The summed E-state index contributed by atoms with van der Waals surface area (Å²) in [7, 11) is 0. The molecule has 0 saturated carbocycles. The lowest BCUT2D eigenvalue weighted by Gasteiger charge is -2.08. The van der Waals surface area contributed by atoms with Crippen molar-refractivity contribution in [1.29, 1.82) is 0 Å². The van der Waals surface area contributed by atoms with Gasteiger partial charge in [0.1, 0.15) is 0 Å². The second-order valence-corrected chi connectivity index (χ2v) is 5.17. The molecule has 0 aliphatic rings. The third-order valence-corrected chi connectivity index (χ3v) is 3.48. The number of amides is 1. The molecule has 102 valence electrons. The van der Waals surface area contributed by atoms with E-state index in [4.69, 9.17) is 17.3 Å². The fourth-order valence-electron chi connectivity index (χ4n) is 1.33. The van der Waals surface area contributed by atoms with Crippen molar-refractivity contribution in [2.24, 2.45) is 5.73 Å². The van der Waals surface area contributed by atoms with E-state index < -0.39 is 0 Å². The number of thioether (sulfide) groups is 1. The molecule has 1 aromatic rings. The minimum Gasteiger partial charge on any atom is -0.328 e. The molecular formula is C12H18Cl2N2OS. The number of nitrogens with one attached hydrogen (secondary N) is 1. The molecule has 1 unspecified atom stereocenters. The first-order valence-electron chi connectivity index (χ1n) is 5.42. The van der Waals surface area contributed by atoms with Crippen LogP contribution in [0, 0.1) is 0 Å². The molecule has 1 rings (SSSR count). The first-order chi connectivity index (χ1) is 8.02. The second-order valence-electron chi connectivity index (χ2n) is 3.91. The number of halogens is 2. The first-order valence-corrected chi connectivity index (χ1v) is 7.02. The standard InChI is InChI=1S/C12H17ClN2OS.ClH/c1-8(14)3-6-12(16)15-9-4-5-11(17-2)10(13)7-9;/h4-5,7-8H,3,6,14H2,1-2H3,(H,15,16);1H. The predicted molar refractivity (Wildman–Crippen MR) is 82.0 cm³/mol. The fourth-order valence-corrected chi connectivity index (χ4v) is 2.20. The van der Waals surface area contributed by atoms with Crippen molar-refractivity contribution < 1.29 is 4.79 Å². The predicted octanol–water partition coefficient (Wildman–Crippen LogP) is 3.55. The highest BCUT2D eigenvalue weighted by atomic mass is 35.5. The van der Waals surface area contributed by atoms with Crippen LogP contribution in [0.25, 0.3) is 0 Å². The van der Waals surface area contributed by atoms with Gasteiger partial charge in [0.2, 0.25) is 5.91 Å². The summed E-state index contributed by atoms with van der Waals surface area (Å²) in [6.45, 7) is 1.89. The molecule has 3 nitrogen and oxygen atoms in total. The van der Waals surface area contributed by atoms with Gasteiger partial charge in [0.15, 0.2) is 0 Å². The van der Waals surface area contributed by atoms with Crippen molar-refractivity contribution in [1.82, 2.24) is 0 Å². The molecule has 0 aliphatic heterocycles. The summed E-state index contributed by atoms with van der Waals surface area (Å²) in [5, 5.41) is 3.46. The summed E-state index contributed by atoms with van der Waals surface area (Å²) in [6.07, 6.45) is 3.07. The SMILES string of the molecule is CSc1ccc(NC(=O)CCC(C)N)cc1Cl.Cl. The van der Waals surface area contributed by atoms with Gasteiger partial charge in [-0.25, -0.2) is 0 Å². The van der Waals surface area contributed by atoms with Gasteiger partial charge >= 0.3 is 0 Å². The quantitative estimate of drug-likeness (QED) is 0.818. The van der Waals surface area contributed by atoms with E-state index in [1.54, 1.807) is 17.8 Å². The molecule has 0 radical (unpaired) electrons. The summed E-state index contributed by atoms with van der Waals surface area (Å²) >= 11 is 7.62. The first kappa shape index (κ1) is 17.6. The van der Waals surface area contributed by atoms with Gasteiger partial charge in [0.25, 0.3) is 0 Å². The highest BCUT2D eigenvalue weighted by Gasteiger charge is 2.06. The Hall–Kier alpha value is -0.420. The van der Waals surface area contributed by atoms with Crippen LogP contribution in [0.15, 0.2) is 23.1 Å². The Balaban J connectivity index is 0.00000289. The van der Waals surface area contributed by atoms with Gasteiger partial charge in [0.05, 0.1) is 5.02 Å². The largest absolute Gasteiger partial charge is 0.328 e. The van der Waals surface area contributed by atoms with Crippen molar-refractivity contribution in [2.75, 3.05) is 11.6 Å². The van der Waals surface area contributed by atoms with Crippen molar-refractivity contribution in [3.05, 3.63) is 23.2 Å². The molecule has 6 heteroatoms. The van der Waals surface area contributed by atoms with E-state index in [1.165, 1.54) is 0 Å². The summed E-state index contributed by atoms with van der Waals surface area (Å²) < 4.78 is 0. The van der Waals surface area contributed by atoms with E-state index in [-0.39, 0.29) is 24.4 Å². The van der Waals surface area contributed by atoms with Crippen molar-refractivity contribution in [2.45, 2.75) is 30.7 Å². The Morgan fingerprint density at radius 3 is 2.72 bits per heavy atom. The molecule has 0 fully saturated rings. The van der Waals surface area contributed by atoms with Crippen LogP contribution in [-0.2, 0) is 4.79 Å². The molecule has 1 atom stereocenters. The summed E-state index contributed by atoms with van der Waals surface area (Å²) in [6, 6.07) is 5.55. The average molecular weight is 309 g/mol. The molecule has 0 aliphatic carbocycles. The lowest BCUT2D eigenvalue weighted by Crippen LogP contribution is -2.19. The summed E-state index contributed by atoms with van der Waals surface area (Å²) in [5.74, 6) is -0.0322. The minimum absolute atomic E-state index is 0. The van der Waals surface area contributed by atoms with Crippen LogP contribution in [0.2, 0.25) is 5.02 Å². The van der Waals surface area contributed by atoms with E-state index >= 15 is 0 Å². The Labute approximate surface area is 123 Å². The molecular weight excluding hydrogens is 291 g/mol. The normalized spacial score (nSPS) is 11.6. The Morgan fingerprint density at radius 1 is 1.56 bits per heavy atom. The number of anilines is 1. The molecule has 0 aromatic heterocycles. The van der Waals surface area contributed by atoms with E-state index in [0.717, 1.165) is 10.6 Å². The van der Waals surface area contributed by atoms with Crippen LogP contribution in [0.5, 0.6) is 0 Å². The zero-order valence-corrected chi connectivity index (χ0v) is 12.8. The van der Waals surface area contributed by atoms with Gasteiger partial charge in [-0.05, 0) is 37.8 Å². The Bertz CT molecular complexity index is 400. The number of hydrogen-bond acceptors (Lipinski definition) is 3. The Morgan fingerprint density at radius 2 is 2.22 bits per heavy atom. The Kier molecular flexibility index (Phi) is 8.44. The van der Waals surface area contributed by atoms with Gasteiger partial charge < -0.3 is 11.1 Å². The van der Waals surface area contributed by atoms with Crippen LogP contribution in [0.1, 0.15) is 19.8 Å². The third-order valence-electron chi connectivity index (χ3n) is 2.26.